The summed E-state index contributed by atoms with van der Waals surface area (Å²) in [6, 6.07) is 6.64. The Labute approximate surface area is 179 Å². The maximum Gasteiger partial charge on any atom is 0.122 e. The predicted molar refractivity (Wildman–Crippen MR) is 119 cm³/mol. The van der Waals surface area contributed by atoms with Crippen molar-refractivity contribution >= 4 is 0 Å². The molecular formula is C24H33N5O. The first-order chi connectivity index (χ1) is 14.5. The number of methoxy groups -OCH3 is 1. The summed E-state index contributed by atoms with van der Waals surface area (Å²) >= 11 is 0. The van der Waals surface area contributed by atoms with Crippen LogP contribution in [0.5, 0.6) is 5.75 Å². The molecule has 6 nitrogen and oxygen atoms in total. The number of rotatable bonds is 7. The second-order valence-corrected chi connectivity index (χ2v) is 8.61. The van der Waals surface area contributed by atoms with Gasteiger partial charge in [0.05, 0.1) is 12.8 Å². The van der Waals surface area contributed by atoms with Crippen molar-refractivity contribution in [2.75, 3.05) is 20.2 Å². The monoisotopic (exact) mass is 407 g/mol. The number of imidazole rings is 1. The number of nitrogens with zero attached hydrogens (tertiary/aromatic N) is 4. The third-order valence-electron chi connectivity index (χ3n) is 6.38. The van der Waals surface area contributed by atoms with Gasteiger partial charge in [-0.1, -0.05) is 12.1 Å². The molecular weight excluding hydrogens is 374 g/mol. The Balaban J connectivity index is 1.45. The molecule has 1 aliphatic rings. The highest BCUT2D eigenvalue weighted by Gasteiger charge is 2.21. The van der Waals surface area contributed by atoms with E-state index in [1.165, 1.54) is 36.1 Å². The van der Waals surface area contributed by atoms with E-state index < -0.39 is 0 Å². The van der Waals surface area contributed by atoms with E-state index in [1.54, 1.807) is 7.11 Å². The smallest absolute Gasteiger partial charge is 0.122 e. The fourth-order valence-electron chi connectivity index (χ4n) is 4.67. The van der Waals surface area contributed by atoms with E-state index >= 15 is 0 Å². The van der Waals surface area contributed by atoms with Gasteiger partial charge in [0.2, 0.25) is 0 Å². The summed E-state index contributed by atoms with van der Waals surface area (Å²) in [5.41, 5.74) is 6.04. The quantitative estimate of drug-likeness (QED) is 0.642. The number of aromatic nitrogens is 4. The van der Waals surface area contributed by atoms with E-state index in [0.29, 0.717) is 5.92 Å². The van der Waals surface area contributed by atoms with Crippen LogP contribution in [0.1, 0.15) is 46.7 Å². The number of likely N-dealkylation sites (tertiary alicyclic amines) is 1. The maximum atomic E-state index is 5.65. The van der Waals surface area contributed by atoms with Crippen molar-refractivity contribution in [3.63, 3.8) is 0 Å². The van der Waals surface area contributed by atoms with E-state index in [9.17, 15) is 0 Å². The topological polar surface area (TPSA) is 59.0 Å². The Hall–Kier alpha value is -2.60. The van der Waals surface area contributed by atoms with Gasteiger partial charge in [-0.25, -0.2) is 4.98 Å². The minimum Gasteiger partial charge on any atom is -0.496 e. The Kier molecular flexibility index (Phi) is 6.23. The molecule has 1 aliphatic heterocycles. The molecule has 1 atom stereocenters. The second-order valence-electron chi connectivity index (χ2n) is 8.61. The van der Waals surface area contributed by atoms with E-state index in [4.69, 9.17) is 4.74 Å². The predicted octanol–water partition coefficient (Wildman–Crippen LogP) is 4.04. The molecule has 0 radical (unpaired) electrons. The van der Waals surface area contributed by atoms with E-state index in [0.717, 1.165) is 49.0 Å². The van der Waals surface area contributed by atoms with Crippen molar-refractivity contribution in [2.45, 2.75) is 53.1 Å². The molecule has 0 bridgehead atoms. The summed E-state index contributed by atoms with van der Waals surface area (Å²) in [7, 11) is 1.75. The minimum absolute atomic E-state index is 0.681. The molecule has 2 aromatic heterocycles. The SMILES string of the molecule is COc1ccc(CN2CCC[C@@H](Cn3ccnc3C)C2)cc1Cc1c(C)n[nH]c1C. The standard InChI is InChI=1S/C24H33N5O/c1-17-23(18(2)27-26-17)13-22-12-20(7-8-24(22)30-4)14-28-10-5-6-21(15-28)16-29-11-9-25-19(29)3/h7-9,11-12,21H,5-6,10,13-16H2,1-4H3,(H,26,27)/t21-/m1/s1. The van der Waals surface area contributed by atoms with E-state index in [1.807, 2.05) is 6.20 Å². The number of piperidine rings is 1. The Bertz CT molecular complexity index is 970. The number of ether oxygens (including phenoxy) is 1. The molecule has 3 aromatic rings. The van der Waals surface area contributed by atoms with Gasteiger partial charge in [0.15, 0.2) is 0 Å². The lowest BCUT2D eigenvalue weighted by atomic mass is 9.96. The van der Waals surface area contributed by atoms with Gasteiger partial charge < -0.3 is 9.30 Å². The number of hydrogen-bond acceptors (Lipinski definition) is 4. The lowest BCUT2D eigenvalue weighted by molar-refractivity contribution is 0.155. The molecule has 0 spiro atoms. The number of nitrogens with one attached hydrogen (secondary N) is 1. The number of benzene rings is 1. The summed E-state index contributed by atoms with van der Waals surface area (Å²) < 4.78 is 7.94. The Morgan fingerprint density at radius 1 is 1.23 bits per heavy atom. The number of H-pyrrole nitrogens is 1. The van der Waals surface area contributed by atoms with E-state index in [-0.39, 0.29) is 0 Å². The highest BCUT2D eigenvalue weighted by atomic mass is 16.5. The van der Waals surface area contributed by atoms with Crippen LogP contribution in [0.4, 0.5) is 0 Å². The van der Waals surface area contributed by atoms with Gasteiger partial charge in [-0.05, 0) is 63.3 Å². The molecule has 0 amide bonds. The third kappa shape index (κ3) is 4.59. The maximum absolute atomic E-state index is 5.65. The van der Waals surface area contributed by atoms with Crippen molar-refractivity contribution < 1.29 is 4.74 Å². The van der Waals surface area contributed by atoms with Crippen molar-refractivity contribution in [3.05, 3.63) is 64.5 Å². The average molecular weight is 408 g/mol. The highest BCUT2D eigenvalue weighted by molar-refractivity contribution is 5.42. The first-order valence-corrected chi connectivity index (χ1v) is 10.9. The van der Waals surface area contributed by atoms with E-state index in [2.05, 4.69) is 69.8 Å². The van der Waals surface area contributed by atoms with Gasteiger partial charge in [0, 0.05) is 49.7 Å². The van der Waals surface area contributed by atoms with Crippen LogP contribution >= 0.6 is 0 Å². The summed E-state index contributed by atoms with van der Waals surface area (Å²) in [5, 5.41) is 7.44. The Morgan fingerprint density at radius 3 is 2.80 bits per heavy atom. The molecule has 1 fully saturated rings. The molecule has 160 valence electrons. The van der Waals surface area contributed by atoms with Crippen LogP contribution in [-0.4, -0.2) is 44.8 Å². The van der Waals surface area contributed by atoms with Crippen LogP contribution in [0.3, 0.4) is 0 Å². The van der Waals surface area contributed by atoms with Crippen LogP contribution in [0.25, 0.3) is 0 Å². The zero-order chi connectivity index (χ0) is 21.1. The normalized spacial score (nSPS) is 17.4. The molecule has 3 heterocycles. The largest absolute Gasteiger partial charge is 0.496 e. The number of aryl methyl sites for hydroxylation is 3. The lowest BCUT2D eigenvalue weighted by Gasteiger charge is -2.33. The second kappa shape index (κ2) is 9.04. The number of hydrogen-bond donors (Lipinski definition) is 1. The average Bonchev–Trinajstić information content (AvgIpc) is 3.28. The van der Waals surface area contributed by atoms with Crippen LogP contribution in [0.2, 0.25) is 0 Å². The third-order valence-corrected chi connectivity index (χ3v) is 6.38. The van der Waals surface area contributed by atoms with Crippen molar-refractivity contribution in [2.24, 2.45) is 5.92 Å². The summed E-state index contributed by atoms with van der Waals surface area (Å²) in [6.45, 7) is 10.6. The zero-order valence-corrected chi connectivity index (χ0v) is 18.6. The fourth-order valence-corrected chi connectivity index (χ4v) is 4.67. The Morgan fingerprint density at radius 2 is 2.10 bits per heavy atom. The molecule has 0 saturated carbocycles. The molecule has 6 heteroatoms. The fraction of sp³-hybridized carbons (Fsp3) is 0.500. The molecule has 1 aromatic carbocycles. The molecule has 30 heavy (non-hydrogen) atoms. The van der Waals surface area contributed by atoms with Gasteiger partial charge >= 0.3 is 0 Å². The van der Waals surface area contributed by atoms with Gasteiger partial charge in [0.25, 0.3) is 0 Å². The van der Waals surface area contributed by atoms with Crippen molar-refractivity contribution in [1.82, 2.24) is 24.6 Å². The van der Waals surface area contributed by atoms with Crippen LogP contribution < -0.4 is 4.74 Å². The summed E-state index contributed by atoms with van der Waals surface area (Å²) in [6.07, 6.45) is 7.39. The summed E-state index contributed by atoms with van der Waals surface area (Å²) in [5.74, 6) is 2.74. The van der Waals surface area contributed by atoms with Crippen molar-refractivity contribution in [3.8, 4) is 5.75 Å². The highest BCUT2D eigenvalue weighted by Crippen LogP contribution is 2.27. The molecule has 0 aliphatic carbocycles. The first kappa shape index (κ1) is 20.7. The molecule has 4 rings (SSSR count). The molecule has 0 unspecified atom stereocenters. The van der Waals surface area contributed by atoms with Crippen LogP contribution in [-0.2, 0) is 19.5 Å². The minimum atomic E-state index is 0.681. The van der Waals surface area contributed by atoms with Gasteiger partial charge in [-0.3, -0.25) is 10.00 Å². The van der Waals surface area contributed by atoms with Gasteiger partial charge in [0.1, 0.15) is 11.6 Å². The molecule has 1 N–H and O–H groups in total. The first-order valence-electron chi connectivity index (χ1n) is 10.9. The lowest BCUT2D eigenvalue weighted by Crippen LogP contribution is -2.36. The zero-order valence-electron chi connectivity index (χ0n) is 18.6. The van der Waals surface area contributed by atoms with Gasteiger partial charge in [-0.15, -0.1) is 0 Å². The summed E-state index contributed by atoms with van der Waals surface area (Å²) in [4.78, 5) is 6.97. The van der Waals surface area contributed by atoms with Crippen molar-refractivity contribution in [1.29, 1.82) is 0 Å². The number of aromatic amines is 1. The van der Waals surface area contributed by atoms with Crippen LogP contribution in [0, 0.1) is 26.7 Å². The van der Waals surface area contributed by atoms with Gasteiger partial charge in [-0.2, -0.15) is 5.10 Å². The van der Waals surface area contributed by atoms with Crippen LogP contribution in [0.15, 0.2) is 30.6 Å². The molecule has 1 saturated heterocycles.